The monoisotopic (exact) mass is 265 g/mol. The van der Waals surface area contributed by atoms with Gasteiger partial charge >= 0.3 is 0 Å². The molecule has 0 radical (unpaired) electrons. The van der Waals surface area contributed by atoms with Crippen LogP contribution < -0.4 is 0 Å². The van der Waals surface area contributed by atoms with Crippen molar-refractivity contribution in [1.29, 1.82) is 0 Å². The van der Waals surface area contributed by atoms with Crippen LogP contribution in [0.15, 0.2) is 23.1 Å². The Morgan fingerprint density at radius 2 is 1.94 bits per heavy atom. The summed E-state index contributed by atoms with van der Waals surface area (Å²) in [5.41, 5.74) is -0.454. The molecule has 16 heavy (non-hydrogen) atoms. The van der Waals surface area contributed by atoms with E-state index >= 15 is 0 Å². The van der Waals surface area contributed by atoms with Crippen LogP contribution in [-0.4, -0.2) is 32.1 Å². The van der Waals surface area contributed by atoms with Gasteiger partial charge in [-0.1, -0.05) is 0 Å². The van der Waals surface area contributed by atoms with Gasteiger partial charge in [0.25, 0.3) is 5.24 Å². The fourth-order valence-corrected chi connectivity index (χ4v) is 2.10. The SMILES string of the molecule is CN(C)S(=O)(=O)c1ccc(F)c(C(=O)Cl)c1. The summed E-state index contributed by atoms with van der Waals surface area (Å²) in [5, 5.41) is -1.03. The molecule has 0 aromatic heterocycles. The molecule has 0 bridgehead atoms. The minimum absolute atomic E-state index is 0.178. The summed E-state index contributed by atoms with van der Waals surface area (Å²) in [6.45, 7) is 0. The van der Waals surface area contributed by atoms with Gasteiger partial charge in [0, 0.05) is 14.1 Å². The first-order valence-corrected chi connectivity index (χ1v) is 6.00. The normalized spacial score (nSPS) is 11.8. The lowest BCUT2D eigenvalue weighted by Crippen LogP contribution is -2.22. The second kappa shape index (κ2) is 4.48. The van der Waals surface area contributed by atoms with Gasteiger partial charge in [0.15, 0.2) is 0 Å². The van der Waals surface area contributed by atoms with Crippen molar-refractivity contribution < 1.29 is 17.6 Å². The molecule has 0 unspecified atom stereocenters. The third kappa shape index (κ3) is 2.40. The van der Waals surface area contributed by atoms with Crippen molar-refractivity contribution in [2.24, 2.45) is 0 Å². The first kappa shape index (κ1) is 13.1. The van der Waals surface area contributed by atoms with E-state index in [2.05, 4.69) is 0 Å². The van der Waals surface area contributed by atoms with Crippen LogP contribution in [0.5, 0.6) is 0 Å². The van der Waals surface area contributed by atoms with Gasteiger partial charge in [-0.3, -0.25) is 4.79 Å². The summed E-state index contributed by atoms with van der Waals surface area (Å²) in [6, 6.07) is 2.89. The van der Waals surface area contributed by atoms with Crippen LogP contribution in [-0.2, 0) is 10.0 Å². The maximum atomic E-state index is 13.1. The van der Waals surface area contributed by atoms with Crippen molar-refractivity contribution in [3.05, 3.63) is 29.6 Å². The standard InChI is InChI=1S/C9H9ClFNO3S/c1-12(2)16(14,15)6-3-4-8(11)7(5-6)9(10)13/h3-5H,1-2H3. The number of halogens is 2. The van der Waals surface area contributed by atoms with Crippen LogP contribution >= 0.6 is 11.6 Å². The third-order valence-electron chi connectivity index (χ3n) is 1.93. The molecule has 0 atom stereocenters. The van der Waals surface area contributed by atoms with Crippen LogP contribution in [0.1, 0.15) is 10.4 Å². The van der Waals surface area contributed by atoms with Crippen molar-refractivity contribution in [3.63, 3.8) is 0 Å². The molecule has 0 aliphatic carbocycles. The summed E-state index contributed by atoms with van der Waals surface area (Å²) in [5.74, 6) is -0.849. The number of hydrogen-bond acceptors (Lipinski definition) is 3. The summed E-state index contributed by atoms with van der Waals surface area (Å²) >= 11 is 5.12. The molecule has 1 aromatic carbocycles. The van der Waals surface area contributed by atoms with Crippen molar-refractivity contribution >= 4 is 26.9 Å². The molecular weight excluding hydrogens is 257 g/mol. The maximum absolute atomic E-state index is 13.1. The Morgan fingerprint density at radius 1 is 1.38 bits per heavy atom. The molecule has 0 heterocycles. The maximum Gasteiger partial charge on any atom is 0.255 e. The Labute approximate surface area is 97.7 Å². The predicted octanol–water partition coefficient (Wildman–Crippen LogP) is 1.46. The summed E-state index contributed by atoms with van der Waals surface area (Å²) in [4.78, 5) is 10.7. The molecule has 7 heteroatoms. The van der Waals surface area contributed by atoms with E-state index < -0.39 is 26.6 Å². The van der Waals surface area contributed by atoms with Gasteiger partial charge in [0.1, 0.15) is 5.82 Å². The minimum atomic E-state index is -3.69. The number of carbonyl (C=O) groups is 1. The van der Waals surface area contributed by atoms with Crippen molar-refractivity contribution in [2.75, 3.05) is 14.1 Å². The van der Waals surface area contributed by atoms with Crippen molar-refractivity contribution in [2.45, 2.75) is 4.90 Å². The topological polar surface area (TPSA) is 54.5 Å². The quantitative estimate of drug-likeness (QED) is 0.778. The highest BCUT2D eigenvalue weighted by molar-refractivity contribution is 7.89. The molecule has 0 saturated carbocycles. The molecule has 0 aliphatic rings. The molecule has 4 nitrogen and oxygen atoms in total. The average molecular weight is 266 g/mol. The Balaban J connectivity index is 3.40. The van der Waals surface area contributed by atoms with Gasteiger partial charge in [0.2, 0.25) is 10.0 Å². The Bertz CT molecular complexity index is 528. The van der Waals surface area contributed by atoms with Crippen molar-refractivity contribution in [1.82, 2.24) is 4.31 Å². The largest absolute Gasteiger partial charge is 0.275 e. The van der Waals surface area contributed by atoms with Gasteiger partial charge < -0.3 is 0 Å². The highest BCUT2D eigenvalue weighted by Gasteiger charge is 2.20. The Kier molecular flexibility index (Phi) is 3.67. The molecule has 1 aromatic rings. The molecule has 0 fully saturated rings. The summed E-state index contributed by atoms with van der Waals surface area (Å²) < 4.78 is 37.4. The van der Waals surface area contributed by atoms with Crippen molar-refractivity contribution in [3.8, 4) is 0 Å². The zero-order valence-electron chi connectivity index (χ0n) is 8.57. The number of benzene rings is 1. The number of sulfonamides is 1. The van der Waals surface area contributed by atoms with E-state index in [1.165, 1.54) is 14.1 Å². The van der Waals surface area contributed by atoms with Gasteiger partial charge in [0.05, 0.1) is 10.5 Å². The fraction of sp³-hybridized carbons (Fsp3) is 0.222. The summed E-state index contributed by atoms with van der Waals surface area (Å²) in [6.07, 6.45) is 0. The molecule has 0 saturated heterocycles. The summed E-state index contributed by atoms with van der Waals surface area (Å²) in [7, 11) is -1.03. The van der Waals surface area contributed by atoms with Gasteiger partial charge in [-0.2, -0.15) is 0 Å². The first-order valence-electron chi connectivity index (χ1n) is 4.18. The van der Waals surface area contributed by atoms with Crippen LogP contribution in [0.2, 0.25) is 0 Å². The van der Waals surface area contributed by atoms with Crippen LogP contribution in [0.25, 0.3) is 0 Å². The Morgan fingerprint density at radius 3 is 2.38 bits per heavy atom. The van der Waals surface area contributed by atoms with Crippen LogP contribution in [0.3, 0.4) is 0 Å². The number of carbonyl (C=O) groups excluding carboxylic acids is 1. The van der Waals surface area contributed by atoms with Gasteiger partial charge in [-0.05, 0) is 29.8 Å². The number of rotatable bonds is 3. The van der Waals surface area contributed by atoms with E-state index in [1.54, 1.807) is 0 Å². The minimum Gasteiger partial charge on any atom is -0.275 e. The van der Waals surface area contributed by atoms with Crippen LogP contribution in [0, 0.1) is 5.82 Å². The van der Waals surface area contributed by atoms with Crippen LogP contribution in [0.4, 0.5) is 4.39 Å². The molecule has 0 amide bonds. The molecule has 0 spiro atoms. The highest BCUT2D eigenvalue weighted by Crippen LogP contribution is 2.18. The predicted molar refractivity (Wildman–Crippen MR) is 57.5 cm³/mol. The zero-order valence-corrected chi connectivity index (χ0v) is 10.1. The number of nitrogens with zero attached hydrogens (tertiary/aromatic N) is 1. The van der Waals surface area contributed by atoms with E-state index in [4.69, 9.17) is 11.6 Å². The van der Waals surface area contributed by atoms with E-state index in [1.807, 2.05) is 0 Å². The molecule has 0 N–H and O–H groups in total. The average Bonchev–Trinajstić information content (AvgIpc) is 2.17. The second-order valence-electron chi connectivity index (χ2n) is 3.20. The van der Waals surface area contributed by atoms with Gasteiger partial charge in [-0.25, -0.2) is 17.1 Å². The van der Waals surface area contributed by atoms with E-state index in [0.717, 1.165) is 22.5 Å². The molecule has 88 valence electrons. The lowest BCUT2D eigenvalue weighted by atomic mass is 10.2. The lowest BCUT2D eigenvalue weighted by Gasteiger charge is -2.11. The van der Waals surface area contributed by atoms with E-state index in [9.17, 15) is 17.6 Å². The zero-order chi connectivity index (χ0) is 12.5. The highest BCUT2D eigenvalue weighted by atomic mass is 35.5. The smallest absolute Gasteiger partial charge is 0.255 e. The number of hydrogen-bond donors (Lipinski definition) is 0. The fourth-order valence-electron chi connectivity index (χ4n) is 1.03. The van der Waals surface area contributed by atoms with E-state index in [-0.39, 0.29) is 4.90 Å². The Hall–Kier alpha value is -0.980. The molecular formula is C9H9ClFNO3S. The van der Waals surface area contributed by atoms with E-state index in [0.29, 0.717) is 0 Å². The first-order chi connectivity index (χ1) is 7.26. The third-order valence-corrected chi connectivity index (χ3v) is 3.94. The molecule has 1 rings (SSSR count). The molecule has 0 aliphatic heterocycles. The lowest BCUT2D eigenvalue weighted by molar-refractivity contribution is 0.107. The second-order valence-corrected chi connectivity index (χ2v) is 5.70. The van der Waals surface area contributed by atoms with Gasteiger partial charge in [-0.15, -0.1) is 0 Å².